The molecule has 3 nitrogen and oxygen atoms in total. The Morgan fingerprint density at radius 1 is 1.44 bits per heavy atom. The number of halogens is 1. The number of nitrogens with zero attached hydrogens (tertiary/aromatic N) is 2. The van der Waals surface area contributed by atoms with E-state index >= 15 is 0 Å². The highest BCUT2D eigenvalue weighted by atomic mass is 127. The summed E-state index contributed by atoms with van der Waals surface area (Å²) in [6.07, 6.45) is 4.48. The summed E-state index contributed by atoms with van der Waals surface area (Å²) in [6, 6.07) is 5.80. The lowest BCUT2D eigenvalue weighted by Crippen LogP contribution is -2.04. The van der Waals surface area contributed by atoms with Crippen molar-refractivity contribution in [2.45, 2.75) is 26.8 Å². The van der Waals surface area contributed by atoms with Gasteiger partial charge in [-0.05, 0) is 47.6 Å². The molecule has 2 aromatic rings. The molecule has 0 unspecified atom stereocenters. The van der Waals surface area contributed by atoms with E-state index in [2.05, 4.69) is 34.6 Å². The number of benzene rings is 1. The fourth-order valence-corrected chi connectivity index (χ4v) is 2.42. The number of hydrogen-bond donors (Lipinski definition) is 0. The van der Waals surface area contributed by atoms with Gasteiger partial charge in [-0.15, -0.1) is 0 Å². The quantitative estimate of drug-likeness (QED) is 0.623. The van der Waals surface area contributed by atoms with E-state index in [0.717, 1.165) is 27.7 Å². The van der Waals surface area contributed by atoms with Crippen LogP contribution in [0, 0.1) is 10.5 Å². The number of carbonyl (C=O) groups excluding carboxylic acids is 1. The summed E-state index contributed by atoms with van der Waals surface area (Å²) in [6.45, 7) is 4.95. The van der Waals surface area contributed by atoms with Gasteiger partial charge in [0.2, 0.25) is 0 Å². The standard InChI is InChI=1S/C14H15IN2O/c1-3-7-17-9-11(8-16-17)14(18)12-6-4-5-10(2)13(12)15/h4-6,8-9H,3,7H2,1-2H3. The molecule has 94 valence electrons. The van der Waals surface area contributed by atoms with Crippen LogP contribution in [0.1, 0.15) is 34.8 Å². The van der Waals surface area contributed by atoms with Crippen LogP contribution in [0.15, 0.2) is 30.6 Å². The average Bonchev–Trinajstić information content (AvgIpc) is 2.81. The molecule has 0 radical (unpaired) electrons. The number of rotatable bonds is 4. The predicted molar refractivity (Wildman–Crippen MR) is 79.8 cm³/mol. The Hall–Kier alpha value is -1.17. The number of hydrogen-bond acceptors (Lipinski definition) is 2. The summed E-state index contributed by atoms with van der Waals surface area (Å²) in [5.41, 5.74) is 2.54. The summed E-state index contributed by atoms with van der Waals surface area (Å²) in [4.78, 5) is 12.4. The molecule has 0 aliphatic carbocycles. The van der Waals surface area contributed by atoms with Gasteiger partial charge in [0.25, 0.3) is 0 Å². The van der Waals surface area contributed by atoms with Crippen molar-refractivity contribution >= 4 is 28.4 Å². The third-order valence-corrected chi connectivity index (χ3v) is 4.22. The Balaban J connectivity index is 2.32. The topological polar surface area (TPSA) is 34.9 Å². The first-order valence-corrected chi connectivity index (χ1v) is 7.03. The largest absolute Gasteiger partial charge is 0.288 e. The van der Waals surface area contributed by atoms with E-state index in [1.165, 1.54) is 0 Å². The Morgan fingerprint density at radius 2 is 2.22 bits per heavy atom. The number of ketones is 1. The van der Waals surface area contributed by atoms with E-state index in [9.17, 15) is 4.79 Å². The second kappa shape index (κ2) is 5.65. The Labute approximate surface area is 120 Å². The molecule has 0 aliphatic heterocycles. The van der Waals surface area contributed by atoms with Crippen LogP contribution in [-0.4, -0.2) is 15.6 Å². The first-order valence-electron chi connectivity index (χ1n) is 5.95. The summed E-state index contributed by atoms with van der Waals surface area (Å²) in [7, 11) is 0. The molecule has 2 rings (SSSR count). The maximum atomic E-state index is 12.4. The molecule has 0 fully saturated rings. The lowest BCUT2D eigenvalue weighted by molar-refractivity contribution is 0.103. The zero-order valence-electron chi connectivity index (χ0n) is 10.5. The molecule has 1 aromatic carbocycles. The van der Waals surface area contributed by atoms with Crippen molar-refractivity contribution in [3.05, 3.63) is 50.9 Å². The van der Waals surface area contributed by atoms with Crippen LogP contribution in [0.2, 0.25) is 0 Å². The number of carbonyl (C=O) groups is 1. The molecule has 1 aromatic heterocycles. The molecule has 0 atom stereocenters. The predicted octanol–water partition coefficient (Wildman–Crippen LogP) is 3.44. The molecular weight excluding hydrogens is 339 g/mol. The second-order valence-electron chi connectivity index (χ2n) is 4.26. The Bertz CT molecular complexity index is 575. The van der Waals surface area contributed by atoms with Gasteiger partial charge in [-0.2, -0.15) is 5.10 Å². The minimum atomic E-state index is 0.0467. The van der Waals surface area contributed by atoms with Gasteiger partial charge in [-0.1, -0.05) is 19.1 Å². The molecular formula is C14H15IN2O. The van der Waals surface area contributed by atoms with E-state index in [4.69, 9.17) is 0 Å². The van der Waals surface area contributed by atoms with E-state index in [1.807, 2.05) is 36.0 Å². The van der Waals surface area contributed by atoms with E-state index in [1.54, 1.807) is 6.20 Å². The van der Waals surface area contributed by atoms with Crippen LogP contribution in [0.25, 0.3) is 0 Å². The van der Waals surface area contributed by atoms with Crippen molar-refractivity contribution < 1.29 is 4.79 Å². The van der Waals surface area contributed by atoms with Crippen LogP contribution < -0.4 is 0 Å². The molecule has 4 heteroatoms. The lowest BCUT2D eigenvalue weighted by atomic mass is 10.0. The van der Waals surface area contributed by atoms with Gasteiger partial charge < -0.3 is 0 Å². The van der Waals surface area contributed by atoms with Crippen molar-refractivity contribution in [3.8, 4) is 0 Å². The Morgan fingerprint density at radius 3 is 2.94 bits per heavy atom. The minimum absolute atomic E-state index is 0.0467. The van der Waals surface area contributed by atoms with E-state index < -0.39 is 0 Å². The molecule has 0 bridgehead atoms. The summed E-state index contributed by atoms with van der Waals surface area (Å²) >= 11 is 2.22. The molecule has 0 saturated heterocycles. The second-order valence-corrected chi connectivity index (χ2v) is 5.34. The fraction of sp³-hybridized carbons (Fsp3) is 0.286. The van der Waals surface area contributed by atoms with Crippen molar-refractivity contribution in [2.24, 2.45) is 0 Å². The molecule has 18 heavy (non-hydrogen) atoms. The summed E-state index contributed by atoms with van der Waals surface area (Å²) < 4.78 is 2.83. The van der Waals surface area contributed by atoms with Crippen molar-refractivity contribution in [1.82, 2.24) is 9.78 Å². The molecule has 0 amide bonds. The fourth-order valence-electron chi connectivity index (χ4n) is 1.81. The van der Waals surface area contributed by atoms with Crippen LogP contribution in [-0.2, 0) is 6.54 Å². The van der Waals surface area contributed by atoms with Crippen molar-refractivity contribution in [1.29, 1.82) is 0 Å². The maximum absolute atomic E-state index is 12.4. The average molecular weight is 354 g/mol. The van der Waals surface area contributed by atoms with Gasteiger partial charge in [-0.25, -0.2) is 0 Å². The van der Waals surface area contributed by atoms with Crippen LogP contribution in [0.4, 0.5) is 0 Å². The van der Waals surface area contributed by atoms with Gasteiger partial charge in [0.15, 0.2) is 5.78 Å². The summed E-state index contributed by atoms with van der Waals surface area (Å²) in [5, 5.41) is 4.20. The maximum Gasteiger partial charge on any atom is 0.197 e. The van der Waals surface area contributed by atoms with Crippen molar-refractivity contribution in [3.63, 3.8) is 0 Å². The normalized spacial score (nSPS) is 10.6. The first kappa shape index (κ1) is 13.3. The van der Waals surface area contributed by atoms with Gasteiger partial charge in [0.1, 0.15) is 0 Å². The van der Waals surface area contributed by atoms with Gasteiger partial charge in [-0.3, -0.25) is 9.48 Å². The summed E-state index contributed by atoms with van der Waals surface area (Å²) in [5.74, 6) is 0.0467. The molecule has 0 saturated carbocycles. The monoisotopic (exact) mass is 354 g/mol. The van der Waals surface area contributed by atoms with Gasteiger partial charge in [0.05, 0.1) is 11.8 Å². The van der Waals surface area contributed by atoms with Gasteiger partial charge >= 0.3 is 0 Å². The zero-order chi connectivity index (χ0) is 13.1. The third kappa shape index (κ3) is 2.63. The first-order chi connectivity index (χ1) is 8.63. The van der Waals surface area contributed by atoms with Crippen LogP contribution in [0.3, 0.4) is 0 Å². The smallest absolute Gasteiger partial charge is 0.197 e. The van der Waals surface area contributed by atoms with E-state index in [0.29, 0.717) is 5.56 Å². The van der Waals surface area contributed by atoms with Crippen LogP contribution >= 0.6 is 22.6 Å². The molecule has 1 heterocycles. The van der Waals surface area contributed by atoms with Gasteiger partial charge in [0, 0.05) is 21.9 Å². The Kier molecular flexibility index (Phi) is 4.16. The lowest BCUT2D eigenvalue weighted by Gasteiger charge is -2.04. The highest BCUT2D eigenvalue weighted by Crippen LogP contribution is 2.19. The van der Waals surface area contributed by atoms with E-state index in [-0.39, 0.29) is 5.78 Å². The number of aromatic nitrogens is 2. The van der Waals surface area contributed by atoms with Crippen LogP contribution in [0.5, 0.6) is 0 Å². The zero-order valence-corrected chi connectivity index (χ0v) is 12.6. The third-order valence-electron chi connectivity index (χ3n) is 2.78. The molecule has 0 aliphatic rings. The van der Waals surface area contributed by atoms with Crippen molar-refractivity contribution in [2.75, 3.05) is 0 Å². The molecule has 0 spiro atoms. The number of aryl methyl sites for hydroxylation is 2. The highest BCUT2D eigenvalue weighted by molar-refractivity contribution is 14.1. The highest BCUT2D eigenvalue weighted by Gasteiger charge is 2.15. The minimum Gasteiger partial charge on any atom is -0.288 e. The molecule has 0 N–H and O–H groups in total. The SMILES string of the molecule is CCCn1cc(C(=O)c2cccc(C)c2I)cn1.